The van der Waals surface area contributed by atoms with Crippen molar-refractivity contribution >= 4 is 29.5 Å². The number of aldehydes is 1. The summed E-state index contributed by atoms with van der Waals surface area (Å²) >= 11 is 6.19. The maximum Gasteiger partial charge on any atom is 0.238 e. The molecule has 1 amide bonds. The summed E-state index contributed by atoms with van der Waals surface area (Å²) in [6, 6.07) is 3.68. The third-order valence-corrected chi connectivity index (χ3v) is 4.16. The normalized spacial score (nSPS) is 19.3. The summed E-state index contributed by atoms with van der Waals surface area (Å²) in [6.07, 6.45) is 3.85. The number of carbonyl (C=O) groups is 2. The molecule has 1 fully saturated rings. The van der Waals surface area contributed by atoms with E-state index in [1.807, 2.05) is 30.9 Å². The van der Waals surface area contributed by atoms with Gasteiger partial charge in [-0.05, 0) is 50.4 Å². The van der Waals surface area contributed by atoms with Crippen molar-refractivity contribution in [3.63, 3.8) is 0 Å². The minimum atomic E-state index is -0.140. The van der Waals surface area contributed by atoms with Crippen molar-refractivity contribution in [1.82, 2.24) is 4.90 Å². The Hall–Kier alpha value is -1.39. The molecule has 1 aliphatic rings. The fraction of sp³-hybridized carbons (Fsp3) is 0.500. The van der Waals surface area contributed by atoms with Gasteiger partial charge in [-0.3, -0.25) is 9.69 Å². The molecule has 2 rings (SSSR count). The van der Waals surface area contributed by atoms with Crippen LogP contribution in [0.25, 0.3) is 0 Å². The molecule has 1 aromatic rings. The zero-order valence-electron chi connectivity index (χ0n) is 12.5. The number of piperidine rings is 1. The van der Waals surface area contributed by atoms with Crippen molar-refractivity contribution in [1.29, 1.82) is 0 Å². The minimum absolute atomic E-state index is 0.127. The molecule has 0 radical (unpaired) electrons. The molecule has 1 saturated heterocycles. The minimum Gasteiger partial charge on any atom is -0.323 e. The molecule has 5 heteroatoms. The van der Waals surface area contributed by atoms with Crippen LogP contribution in [0.5, 0.6) is 0 Å². The van der Waals surface area contributed by atoms with E-state index in [0.717, 1.165) is 43.2 Å². The van der Waals surface area contributed by atoms with Gasteiger partial charge in [-0.2, -0.15) is 0 Å². The molecule has 0 bridgehead atoms. The third kappa shape index (κ3) is 4.05. The molecule has 0 aromatic heterocycles. The lowest BCUT2D eigenvalue weighted by molar-refractivity contribution is -0.120. The number of likely N-dealkylation sites (tertiary alicyclic amines) is 1. The SMILES string of the molecule is Cc1cc(C)c(NC(=O)CN2CCCCC2C=O)c(Cl)c1. The molecule has 0 aliphatic carbocycles. The van der Waals surface area contributed by atoms with Crippen LogP contribution < -0.4 is 5.32 Å². The van der Waals surface area contributed by atoms with E-state index in [2.05, 4.69) is 5.32 Å². The van der Waals surface area contributed by atoms with Gasteiger partial charge in [0.05, 0.1) is 23.3 Å². The largest absolute Gasteiger partial charge is 0.323 e. The van der Waals surface area contributed by atoms with Gasteiger partial charge < -0.3 is 10.1 Å². The van der Waals surface area contributed by atoms with E-state index in [1.54, 1.807) is 0 Å². The van der Waals surface area contributed by atoms with Crippen molar-refractivity contribution in [3.05, 3.63) is 28.3 Å². The zero-order valence-corrected chi connectivity index (χ0v) is 13.2. The first-order chi connectivity index (χ1) is 10.0. The van der Waals surface area contributed by atoms with Crippen LogP contribution in [0.3, 0.4) is 0 Å². The maximum atomic E-state index is 12.2. The first-order valence-corrected chi connectivity index (χ1v) is 7.65. The molecule has 1 N–H and O–H groups in total. The number of rotatable bonds is 4. The number of benzene rings is 1. The zero-order chi connectivity index (χ0) is 15.4. The number of nitrogens with zero attached hydrogens (tertiary/aromatic N) is 1. The highest BCUT2D eigenvalue weighted by molar-refractivity contribution is 6.34. The lowest BCUT2D eigenvalue weighted by Gasteiger charge is -2.31. The van der Waals surface area contributed by atoms with Crippen LogP contribution in [-0.2, 0) is 9.59 Å². The van der Waals surface area contributed by atoms with Crippen LogP contribution in [0.15, 0.2) is 12.1 Å². The van der Waals surface area contributed by atoms with E-state index in [-0.39, 0.29) is 18.5 Å². The number of halogens is 1. The van der Waals surface area contributed by atoms with Crippen LogP contribution in [0, 0.1) is 13.8 Å². The Bertz CT molecular complexity index is 522. The van der Waals surface area contributed by atoms with Crippen molar-refractivity contribution in [2.75, 3.05) is 18.4 Å². The lowest BCUT2D eigenvalue weighted by atomic mass is 10.0. The smallest absolute Gasteiger partial charge is 0.238 e. The predicted octanol–water partition coefficient (Wildman–Crippen LogP) is 2.95. The van der Waals surface area contributed by atoms with Gasteiger partial charge in [-0.15, -0.1) is 0 Å². The third-order valence-electron chi connectivity index (χ3n) is 3.86. The second-order valence-corrected chi connectivity index (χ2v) is 6.06. The second-order valence-electron chi connectivity index (χ2n) is 5.66. The molecule has 1 aromatic carbocycles. The first kappa shape index (κ1) is 16.0. The van der Waals surface area contributed by atoms with E-state index in [9.17, 15) is 9.59 Å². The predicted molar refractivity (Wildman–Crippen MR) is 84.8 cm³/mol. The monoisotopic (exact) mass is 308 g/mol. The van der Waals surface area contributed by atoms with Crippen molar-refractivity contribution in [2.24, 2.45) is 0 Å². The van der Waals surface area contributed by atoms with Gasteiger partial charge in [0.25, 0.3) is 0 Å². The van der Waals surface area contributed by atoms with Gasteiger partial charge in [0, 0.05) is 0 Å². The fourth-order valence-electron chi connectivity index (χ4n) is 2.80. The van der Waals surface area contributed by atoms with Crippen LogP contribution in [0.2, 0.25) is 5.02 Å². The average Bonchev–Trinajstić information content (AvgIpc) is 2.43. The molecule has 0 spiro atoms. The van der Waals surface area contributed by atoms with E-state index >= 15 is 0 Å². The molecule has 4 nitrogen and oxygen atoms in total. The van der Waals surface area contributed by atoms with Crippen LogP contribution >= 0.6 is 11.6 Å². The van der Waals surface area contributed by atoms with Crippen molar-refractivity contribution in [3.8, 4) is 0 Å². The molecular weight excluding hydrogens is 288 g/mol. The second kappa shape index (κ2) is 7.05. The van der Waals surface area contributed by atoms with E-state index < -0.39 is 0 Å². The summed E-state index contributed by atoms with van der Waals surface area (Å²) in [5.74, 6) is -0.127. The molecule has 1 atom stereocenters. The number of hydrogen-bond donors (Lipinski definition) is 1. The van der Waals surface area contributed by atoms with Crippen LogP contribution in [-0.4, -0.2) is 36.2 Å². The number of aryl methyl sites for hydroxylation is 2. The van der Waals surface area contributed by atoms with E-state index in [1.165, 1.54) is 0 Å². The Morgan fingerprint density at radius 1 is 1.43 bits per heavy atom. The van der Waals surface area contributed by atoms with Gasteiger partial charge in [0.2, 0.25) is 5.91 Å². The maximum absolute atomic E-state index is 12.2. The summed E-state index contributed by atoms with van der Waals surface area (Å²) in [7, 11) is 0. The van der Waals surface area contributed by atoms with Crippen LogP contribution in [0.4, 0.5) is 5.69 Å². The number of nitrogens with one attached hydrogen (secondary N) is 1. The molecule has 1 unspecified atom stereocenters. The van der Waals surface area contributed by atoms with Crippen molar-refractivity contribution < 1.29 is 9.59 Å². The average molecular weight is 309 g/mol. The van der Waals surface area contributed by atoms with Gasteiger partial charge in [-0.25, -0.2) is 0 Å². The summed E-state index contributed by atoms with van der Waals surface area (Å²) < 4.78 is 0. The van der Waals surface area contributed by atoms with Gasteiger partial charge in [-0.1, -0.05) is 24.1 Å². The van der Waals surface area contributed by atoms with Gasteiger partial charge in [0.15, 0.2) is 0 Å². The summed E-state index contributed by atoms with van der Waals surface area (Å²) in [5, 5.41) is 3.42. The molecule has 1 heterocycles. The fourth-order valence-corrected chi connectivity index (χ4v) is 3.17. The molecule has 21 heavy (non-hydrogen) atoms. The van der Waals surface area contributed by atoms with E-state index in [0.29, 0.717) is 10.7 Å². The summed E-state index contributed by atoms with van der Waals surface area (Å²) in [6.45, 7) is 4.90. The summed E-state index contributed by atoms with van der Waals surface area (Å²) in [5.41, 5.74) is 2.67. The highest BCUT2D eigenvalue weighted by Crippen LogP contribution is 2.27. The lowest BCUT2D eigenvalue weighted by Crippen LogP contribution is -2.44. The highest BCUT2D eigenvalue weighted by Gasteiger charge is 2.24. The van der Waals surface area contributed by atoms with E-state index in [4.69, 9.17) is 11.6 Å². The molecule has 1 aliphatic heterocycles. The topological polar surface area (TPSA) is 49.4 Å². The Morgan fingerprint density at radius 3 is 2.86 bits per heavy atom. The Labute approximate surface area is 130 Å². The Kier molecular flexibility index (Phi) is 5.37. The number of anilines is 1. The van der Waals surface area contributed by atoms with Gasteiger partial charge in [0.1, 0.15) is 6.29 Å². The standard InChI is InChI=1S/C16H21ClN2O2/c1-11-7-12(2)16(14(17)8-11)18-15(21)9-19-6-4-3-5-13(19)10-20/h7-8,10,13H,3-6,9H2,1-2H3,(H,18,21). The molecule has 0 saturated carbocycles. The molecular formula is C16H21ClN2O2. The van der Waals surface area contributed by atoms with Gasteiger partial charge >= 0.3 is 0 Å². The Morgan fingerprint density at radius 2 is 2.19 bits per heavy atom. The van der Waals surface area contributed by atoms with Crippen LogP contribution in [0.1, 0.15) is 30.4 Å². The number of hydrogen-bond acceptors (Lipinski definition) is 3. The quantitative estimate of drug-likeness (QED) is 0.870. The number of amides is 1. The van der Waals surface area contributed by atoms with Crippen molar-refractivity contribution in [2.45, 2.75) is 39.2 Å². The Balaban J connectivity index is 2.03. The molecule has 114 valence electrons. The highest BCUT2D eigenvalue weighted by atomic mass is 35.5. The summed E-state index contributed by atoms with van der Waals surface area (Å²) in [4.78, 5) is 25.2. The first-order valence-electron chi connectivity index (χ1n) is 7.27. The number of carbonyl (C=O) groups excluding carboxylic acids is 2.